The van der Waals surface area contributed by atoms with Crippen molar-refractivity contribution < 1.29 is 14.7 Å². The highest BCUT2D eigenvalue weighted by Crippen LogP contribution is 2.62. The number of fused-ring (bicyclic) bond motifs is 5. The van der Waals surface area contributed by atoms with Crippen molar-refractivity contribution in [1.29, 1.82) is 0 Å². The number of benzene rings is 2. The molecule has 0 unspecified atom stereocenters. The maximum atomic E-state index is 13.2. The fraction of sp³-hybridized carbons (Fsp3) is 0.500. The molecule has 1 N–H and O–H groups in total. The van der Waals surface area contributed by atoms with Crippen molar-refractivity contribution in [3.63, 3.8) is 0 Å². The molecule has 184 valence electrons. The topological polar surface area (TPSA) is 54.4 Å². The molecule has 2 aromatic carbocycles. The van der Waals surface area contributed by atoms with Crippen LogP contribution in [0, 0.1) is 23.2 Å². The first kappa shape index (κ1) is 24.0. The van der Waals surface area contributed by atoms with Gasteiger partial charge in [0.05, 0.1) is 0 Å². The lowest BCUT2D eigenvalue weighted by Gasteiger charge is -2.50. The van der Waals surface area contributed by atoms with Gasteiger partial charge in [-0.25, -0.2) is 0 Å². The number of aromatic hydroxyl groups is 1. The summed E-state index contributed by atoms with van der Waals surface area (Å²) >= 11 is 0. The summed E-state index contributed by atoms with van der Waals surface area (Å²) in [4.78, 5) is 26.0. The summed E-state index contributed by atoms with van der Waals surface area (Å²) in [5.74, 6) is 2.88. The average molecular weight is 471 g/mol. The fourth-order valence-corrected chi connectivity index (χ4v) is 7.61. The van der Waals surface area contributed by atoms with E-state index in [9.17, 15) is 14.7 Å². The number of allylic oxidation sites excluding steroid dienone is 2. The first-order valence-corrected chi connectivity index (χ1v) is 13.5. The number of hydrogen-bond acceptors (Lipinski definition) is 3. The molecule has 3 nitrogen and oxygen atoms in total. The van der Waals surface area contributed by atoms with E-state index in [-0.39, 0.29) is 11.2 Å². The lowest BCUT2D eigenvalue weighted by Crippen LogP contribution is -2.44. The predicted octanol–water partition coefficient (Wildman–Crippen LogP) is 6.97. The lowest BCUT2D eigenvalue weighted by molar-refractivity contribution is -0.129. The van der Waals surface area contributed by atoms with Crippen molar-refractivity contribution in [2.45, 2.75) is 77.6 Å². The van der Waals surface area contributed by atoms with Crippen molar-refractivity contribution in [2.24, 2.45) is 23.2 Å². The molecule has 0 bridgehead atoms. The van der Waals surface area contributed by atoms with Crippen molar-refractivity contribution in [1.82, 2.24) is 0 Å². The van der Waals surface area contributed by atoms with Gasteiger partial charge in [0.15, 0.2) is 5.78 Å². The van der Waals surface area contributed by atoms with Crippen LogP contribution in [0.5, 0.6) is 5.75 Å². The van der Waals surface area contributed by atoms with Crippen LogP contribution in [0.4, 0.5) is 0 Å². The number of phenolic OH excluding ortho intramolecular Hbond substituents is 1. The third-order valence-electron chi connectivity index (χ3n) is 9.46. The molecule has 0 aromatic heterocycles. The maximum Gasteiger partial charge on any atom is 0.158 e. The molecule has 0 radical (unpaired) electrons. The molecule has 0 saturated heterocycles. The van der Waals surface area contributed by atoms with Gasteiger partial charge in [0.25, 0.3) is 0 Å². The quantitative estimate of drug-likeness (QED) is 0.445. The van der Waals surface area contributed by atoms with Crippen LogP contribution in [0.1, 0.15) is 81.4 Å². The summed E-state index contributed by atoms with van der Waals surface area (Å²) < 4.78 is 0. The Morgan fingerprint density at radius 2 is 1.94 bits per heavy atom. The number of ketones is 2. The Morgan fingerprint density at radius 1 is 1.14 bits per heavy atom. The third kappa shape index (κ3) is 4.62. The van der Waals surface area contributed by atoms with Gasteiger partial charge in [0.2, 0.25) is 0 Å². The lowest BCUT2D eigenvalue weighted by atomic mass is 9.54. The molecule has 2 saturated carbocycles. The van der Waals surface area contributed by atoms with Crippen LogP contribution in [0.3, 0.4) is 0 Å². The van der Waals surface area contributed by atoms with Gasteiger partial charge in [-0.05, 0) is 110 Å². The molecule has 5 rings (SSSR count). The van der Waals surface area contributed by atoms with E-state index < -0.39 is 0 Å². The molecule has 0 spiro atoms. The highest BCUT2D eigenvalue weighted by Gasteiger charge is 2.58. The van der Waals surface area contributed by atoms with Gasteiger partial charge >= 0.3 is 0 Å². The first-order valence-electron chi connectivity index (χ1n) is 13.5. The molecule has 2 fully saturated rings. The summed E-state index contributed by atoms with van der Waals surface area (Å²) in [5, 5.41) is 9.95. The maximum absolute atomic E-state index is 13.2. The highest BCUT2D eigenvalue weighted by atomic mass is 16.3. The van der Waals surface area contributed by atoms with Crippen LogP contribution in [0.25, 0.3) is 0 Å². The predicted molar refractivity (Wildman–Crippen MR) is 139 cm³/mol. The Kier molecular flexibility index (Phi) is 6.70. The van der Waals surface area contributed by atoms with E-state index in [0.717, 1.165) is 50.5 Å². The molecule has 0 amide bonds. The van der Waals surface area contributed by atoms with Gasteiger partial charge < -0.3 is 5.11 Å². The Hall–Kier alpha value is -2.68. The largest absolute Gasteiger partial charge is 0.508 e. The monoisotopic (exact) mass is 470 g/mol. The average Bonchev–Trinajstić information content (AvgIpc) is 3.12. The van der Waals surface area contributed by atoms with E-state index in [0.29, 0.717) is 48.0 Å². The minimum atomic E-state index is -0.199. The van der Waals surface area contributed by atoms with E-state index in [1.807, 2.05) is 37.3 Å². The molecule has 2 aromatic rings. The Morgan fingerprint density at radius 3 is 2.74 bits per heavy atom. The second-order valence-corrected chi connectivity index (χ2v) is 11.5. The van der Waals surface area contributed by atoms with Gasteiger partial charge in [-0.15, -0.1) is 0 Å². The van der Waals surface area contributed by atoms with Gasteiger partial charge in [-0.3, -0.25) is 9.59 Å². The Labute approximate surface area is 209 Å². The number of hydrogen-bond donors (Lipinski definition) is 1. The van der Waals surface area contributed by atoms with Crippen LogP contribution in [0.15, 0.2) is 60.2 Å². The van der Waals surface area contributed by atoms with E-state index in [1.165, 1.54) is 16.7 Å². The standard InChI is InChI=1S/C32H38O3/c1-21(11-12-22-7-4-3-5-8-22)29(34)10-6-9-24-20-30(35)32(2)18-17-27-26-16-14-25(33)19-23(26)13-15-28(27)31(24)32/h3-5,7-8,11,14,16,19,24,27-28,31,33H,6,9-10,12-13,15,17-18,20H2,1-2H3/b21-11-/t24-,27+,28+,31-,32+/m0/s1. The minimum Gasteiger partial charge on any atom is -0.508 e. The van der Waals surface area contributed by atoms with E-state index in [4.69, 9.17) is 0 Å². The highest BCUT2D eigenvalue weighted by molar-refractivity contribution is 5.94. The number of rotatable bonds is 7. The van der Waals surface area contributed by atoms with E-state index in [1.54, 1.807) is 0 Å². The van der Waals surface area contributed by atoms with Crippen LogP contribution >= 0.6 is 0 Å². The van der Waals surface area contributed by atoms with Gasteiger partial charge in [-0.2, -0.15) is 0 Å². The van der Waals surface area contributed by atoms with Gasteiger partial charge in [0, 0.05) is 18.3 Å². The molecule has 3 aliphatic rings. The normalized spacial score (nSPS) is 29.9. The number of Topliss-reactive ketones (excluding diaryl/α,β-unsaturated/α-hetero) is 2. The second-order valence-electron chi connectivity index (χ2n) is 11.5. The number of aryl methyl sites for hydroxylation is 1. The Bertz CT molecular complexity index is 1130. The zero-order chi connectivity index (χ0) is 24.6. The van der Waals surface area contributed by atoms with Crippen LogP contribution in [0.2, 0.25) is 0 Å². The third-order valence-corrected chi connectivity index (χ3v) is 9.46. The zero-order valence-corrected chi connectivity index (χ0v) is 21.1. The summed E-state index contributed by atoms with van der Waals surface area (Å²) in [5.41, 5.74) is 4.56. The molecule has 35 heavy (non-hydrogen) atoms. The minimum absolute atomic E-state index is 0.199. The zero-order valence-electron chi connectivity index (χ0n) is 21.1. The van der Waals surface area contributed by atoms with Crippen LogP contribution < -0.4 is 0 Å². The van der Waals surface area contributed by atoms with Crippen LogP contribution in [-0.2, 0) is 22.4 Å². The van der Waals surface area contributed by atoms with Gasteiger partial charge in [-0.1, -0.05) is 49.4 Å². The van der Waals surface area contributed by atoms with Crippen LogP contribution in [-0.4, -0.2) is 16.7 Å². The second kappa shape index (κ2) is 9.76. The molecule has 0 aliphatic heterocycles. The van der Waals surface area contributed by atoms with Crippen molar-refractivity contribution in [3.05, 3.63) is 76.9 Å². The molecular formula is C32H38O3. The van der Waals surface area contributed by atoms with Crippen molar-refractivity contribution >= 4 is 11.6 Å². The Balaban J connectivity index is 1.24. The number of carbonyl (C=O) groups is 2. The summed E-state index contributed by atoms with van der Waals surface area (Å²) in [6.45, 7) is 4.16. The molecule has 3 heteroatoms. The summed E-state index contributed by atoms with van der Waals surface area (Å²) in [7, 11) is 0. The van der Waals surface area contributed by atoms with E-state index >= 15 is 0 Å². The summed E-state index contributed by atoms with van der Waals surface area (Å²) in [6.07, 6.45) is 10.1. The molecule has 0 heterocycles. The SMILES string of the molecule is C/C(=C/Cc1ccccc1)C(=O)CCC[C@H]1CC(=O)[C@@]2(C)CC[C@@H]3c4ccc(O)cc4CC[C@H]3[C@H]12. The fourth-order valence-electron chi connectivity index (χ4n) is 7.61. The summed E-state index contributed by atoms with van der Waals surface area (Å²) in [6, 6.07) is 16.1. The van der Waals surface area contributed by atoms with Gasteiger partial charge in [0.1, 0.15) is 11.5 Å². The van der Waals surface area contributed by atoms with Crippen molar-refractivity contribution in [3.8, 4) is 5.75 Å². The molecule has 3 aliphatic carbocycles. The molecular weight excluding hydrogens is 432 g/mol. The number of carbonyl (C=O) groups excluding carboxylic acids is 2. The molecule has 5 atom stereocenters. The van der Waals surface area contributed by atoms with E-state index in [2.05, 4.69) is 31.2 Å². The first-order chi connectivity index (χ1) is 16.9. The number of phenols is 1. The smallest absolute Gasteiger partial charge is 0.158 e. The van der Waals surface area contributed by atoms with Crippen molar-refractivity contribution in [2.75, 3.05) is 0 Å².